The molecule has 0 fully saturated rings. The van der Waals surface area contributed by atoms with E-state index in [0.717, 1.165) is 33.4 Å². The van der Waals surface area contributed by atoms with Gasteiger partial charge in [-0.25, -0.2) is 0 Å². The van der Waals surface area contributed by atoms with Crippen LogP contribution in [0.1, 0.15) is 22.3 Å². The van der Waals surface area contributed by atoms with Crippen molar-refractivity contribution in [1.29, 1.82) is 0 Å². The fourth-order valence-corrected chi connectivity index (χ4v) is 4.55. The SMILES string of the molecule is COCc1cc(-c2cc(CCO)c(Oc3ccc(N)cc3)c(CCO)c2)cc(COC)c1Oc1ccc(N)cc1. The van der Waals surface area contributed by atoms with Crippen molar-refractivity contribution < 1.29 is 29.2 Å². The van der Waals surface area contributed by atoms with Gasteiger partial charge in [-0.05, 0) is 108 Å². The number of rotatable bonds is 13. The lowest BCUT2D eigenvalue weighted by molar-refractivity contribution is 0.175. The van der Waals surface area contributed by atoms with Gasteiger partial charge in [0.2, 0.25) is 0 Å². The van der Waals surface area contributed by atoms with Crippen molar-refractivity contribution in [3.63, 3.8) is 0 Å². The van der Waals surface area contributed by atoms with E-state index in [4.69, 9.17) is 30.4 Å². The number of aliphatic hydroxyl groups is 2. The van der Waals surface area contributed by atoms with Crippen LogP contribution < -0.4 is 20.9 Å². The molecule has 4 rings (SSSR count). The minimum Gasteiger partial charge on any atom is -0.457 e. The van der Waals surface area contributed by atoms with Crippen LogP contribution in [-0.4, -0.2) is 37.6 Å². The number of ether oxygens (including phenoxy) is 4. The molecule has 0 spiro atoms. The van der Waals surface area contributed by atoms with E-state index in [1.807, 2.05) is 36.4 Å². The molecule has 0 saturated heterocycles. The van der Waals surface area contributed by atoms with Crippen molar-refractivity contribution >= 4 is 11.4 Å². The minimum absolute atomic E-state index is 0.0572. The molecule has 0 amide bonds. The standard InChI is InChI=1S/C32H36N2O6/c1-37-19-25-17-24(18-26(20-38-2)32(25)40-30-9-5-28(34)6-10-30)23-15-21(11-13-35)31(22(16-23)12-14-36)39-29-7-3-27(33)4-8-29/h3-10,15-18,35-36H,11-14,19-20,33-34H2,1-2H3. The van der Waals surface area contributed by atoms with Crippen molar-refractivity contribution in [2.45, 2.75) is 26.1 Å². The molecule has 0 saturated carbocycles. The van der Waals surface area contributed by atoms with E-state index in [1.165, 1.54) is 0 Å². The van der Waals surface area contributed by atoms with Crippen LogP contribution in [-0.2, 0) is 35.5 Å². The summed E-state index contributed by atoms with van der Waals surface area (Å²) in [6, 6.07) is 22.4. The summed E-state index contributed by atoms with van der Waals surface area (Å²) in [6.07, 6.45) is 0.759. The molecule has 4 aromatic rings. The lowest BCUT2D eigenvalue weighted by atomic mass is 9.93. The van der Waals surface area contributed by atoms with Crippen LogP contribution in [0.4, 0.5) is 11.4 Å². The molecule has 4 aromatic carbocycles. The maximum Gasteiger partial charge on any atom is 0.138 e. The maximum atomic E-state index is 9.87. The summed E-state index contributed by atoms with van der Waals surface area (Å²) in [4.78, 5) is 0. The first-order chi connectivity index (χ1) is 19.4. The number of aliphatic hydroxyl groups excluding tert-OH is 2. The molecule has 0 radical (unpaired) electrons. The Labute approximate surface area is 234 Å². The zero-order chi connectivity index (χ0) is 28.5. The highest BCUT2D eigenvalue weighted by Gasteiger charge is 2.18. The molecule has 8 heteroatoms. The Morgan fingerprint density at radius 2 is 0.900 bits per heavy atom. The van der Waals surface area contributed by atoms with Gasteiger partial charge in [-0.2, -0.15) is 0 Å². The molecular formula is C32H36N2O6. The van der Waals surface area contributed by atoms with Gasteiger partial charge >= 0.3 is 0 Å². The van der Waals surface area contributed by atoms with Crippen LogP contribution in [0.15, 0.2) is 72.8 Å². The van der Waals surface area contributed by atoms with Gasteiger partial charge in [-0.1, -0.05) is 0 Å². The zero-order valence-corrected chi connectivity index (χ0v) is 22.9. The van der Waals surface area contributed by atoms with E-state index < -0.39 is 0 Å². The monoisotopic (exact) mass is 544 g/mol. The molecule has 0 unspecified atom stereocenters. The molecule has 0 aliphatic heterocycles. The van der Waals surface area contributed by atoms with E-state index in [-0.39, 0.29) is 13.2 Å². The van der Waals surface area contributed by atoms with Gasteiger partial charge in [0.05, 0.1) is 13.2 Å². The average Bonchev–Trinajstić information content (AvgIpc) is 2.94. The third-order valence-electron chi connectivity index (χ3n) is 6.38. The Morgan fingerprint density at radius 1 is 0.550 bits per heavy atom. The topological polar surface area (TPSA) is 129 Å². The lowest BCUT2D eigenvalue weighted by Crippen LogP contribution is -2.04. The van der Waals surface area contributed by atoms with Gasteiger partial charge in [0, 0.05) is 49.9 Å². The van der Waals surface area contributed by atoms with Gasteiger partial charge in [0.15, 0.2) is 0 Å². The summed E-state index contributed by atoms with van der Waals surface area (Å²) in [7, 11) is 3.27. The lowest BCUT2D eigenvalue weighted by Gasteiger charge is -2.20. The first kappa shape index (κ1) is 28.9. The summed E-state index contributed by atoms with van der Waals surface area (Å²) in [6.45, 7) is 0.525. The summed E-state index contributed by atoms with van der Waals surface area (Å²) < 4.78 is 23.6. The number of hydrogen-bond donors (Lipinski definition) is 4. The second kappa shape index (κ2) is 13.8. The summed E-state index contributed by atoms with van der Waals surface area (Å²) in [5, 5.41) is 19.7. The maximum absolute atomic E-state index is 9.87. The highest BCUT2D eigenvalue weighted by Crippen LogP contribution is 2.39. The predicted molar refractivity (Wildman–Crippen MR) is 157 cm³/mol. The summed E-state index contributed by atoms with van der Waals surface area (Å²) in [5.41, 5.74) is 18.1. The van der Waals surface area contributed by atoms with Gasteiger partial charge in [0.1, 0.15) is 23.0 Å². The average molecular weight is 545 g/mol. The quantitative estimate of drug-likeness (QED) is 0.163. The zero-order valence-electron chi connectivity index (χ0n) is 22.9. The van der Waals surface area contributed by atoms with Gasteiger partial charge < -0.3 is 40.6 Å². The van der Waals surface area contributed by atoms with E-state index in [0.29, 0.717) is 60.4 Å². The Bertz CT molecular complexity index is 1240. The molecule has 0 aliphatic rings. The van der Waals surface area contributed by atoms with Crippen LogP contribution in [0.25, 0.3) is 11.1 Å². The molecule has 0 aromatic heterocycles. The molecule has 40 heavy (non-hydrogen) atoms. The fraction of sp³-hybridized carbons (Fsp3) is 0.250. The predicted octanol–water partition coefficient (Wildman–Crippen LogP) is 5.47. The molecular weight excluding hydrogens is 508 g/mol. The molecule has 6 N–H and O–H groups in total. The first-order valence-electron chi connectivity index (χ1n) is 13.0. The third-order valence-corrected chi connectivity index (χ3v) is 6.38. The number of hydrogen-bond acceptors (Lipinski definition) is 8. The molecule has 210 valence electrons. The Kier molecular flexibility index (Phi) is 9.99. The summed E-state index contributed by atoms with van der Waals surface area (Å²) in [5.74, 6) is 2.55. The molecule has 0 bridgehead atoms. The number of methoxy groups -OCH3 is 2. The van der Waals surface area contributed by atoms with Crippen LogP contribution in [0.2, 0.25) is 0 Å². The number of benzene rings is 4. The summed E-state index contributed by atoms with van der Waals surface area (Å²) >= 11 is 0. The highest BCUT2D eigenvalue weighted by molar-refractivity contribution is 5.71. The van der Waals surface area contributed by atoms with Crippen molar-refractivity contribution in [3.05, 3.63) is 95.1 Å². The van der Waals surface area contributed by atoms with E-state index in [2.05, 4.69) is 0 Å². The smallest absolute Gasteiger partial charge is 0.138 e. The number of nitrogens with two attached hydrogens (primary N) is 2. The molecule has 0 heterocycles. The van der Waals surface area contributed by atoms with Gasteiger partial charge in [0.25, 0.3) is 0 Å². The van der Waals surface area contributed by atoms with Crippen molar-refractivity contribution in [3.8, 4) is 34.1 Å². The second-order valence-electron chi connectivity index (χ2n) is 9.40. The van der Waals surface area contributed by atoms with Gasteiger partial charge in [-0.3, -0.25) is 0 Å². The largest absolute Gasteiger partial charge is 0.457 e. The minimum atomic E-state index is -0.0572. The second-order valence-corrected chi connectivity index (χ2v) is 9.40. The highest BCUT2D eigenvalue weighted by atomic mass is 16.5. The fourth-order valence-electron chi connectivity index (χ4n) is 4.55. The molecule has 0 aliphatic carbocycles. The Morgan fingerprint density at radius 3 is 1.25 bits per heavy atom. The Balaban J connectivity index is 1.82. The van der Waals surface area contributed by atoms with Crippen LogP contribution in [0, 0.1) is 0 Å². The van der Waals surface area contributed by atoms with Crippen molar-refractivity contribution in [2.24, 2.45) is 0 Å². The van der Waals surface area contributed by atoms with Crippen molar-refractivity contribution in [2.75, 3.05) is 38.9 Å². The molecule has 8 nitrogen and oxygen atoms in total. The number of anilines is 2. The number of nitrogen functional groups attached to an aromatic ring is 2. The van der Waals surface area contributed by atoms with Crippen molar-refractivity contribution in [1.82, 2.24) is 0 Å². The first-order valence-corrected chi connectivity index (χ1v) is 13.0. The van der Waals surface area contributed by atoms with Crippen LogP contribution in [0.3, 0.4) is 0 Å². The Hall–Kier alpha value is -4.08. The van der Waals surface area contributed by atoms with E-state index >= 15 is 0 Å². The van der Waals surface area contributed by atoms with Crippen LogP contribution >= 0.6 is 0 Å². The van der Waals surface area contributed by atoms with E-state index in [9.17, 15) is 10.2 Å². The van der Waals surface area contributed by atoms with Gasteiger partial charge in [-0.15, -0.1) is 0 Å². The normalized spacial score (nSPS) is 11.0. The molecule has 0 atom stereocenters. The van der Waals surface area contributed by atoms with E-state index in [1.54, 1.807) is 50.6 Å². The van der Waals surface area contributed by atoms with Crippen LogP contribution in [0.5, 0.6) is 23.0 Å². The third kappa shape index (κ3) is 7.11.